The van der Waals surface area contributed by atoms with Gasteiger partial charge in [-0.2, -0.15) is 0 Å². The molecule has 0 amide bonds. The van der Waals surface area contributed by atoms with Gasteiger partial charge < -0.3 is 10.1 Å². The average molecular weight is 266 g/mol. The molecular formula is C15H20ClNO. The van der Waals surface area contributed by atoms with Crippen molar-refractivity contribution >= 4 is 11.6 Å². The molecule has 3 heteroatoms. The van der Waals surface area contributed by atoms with Gasteiger partial charge in [0, 0.05) is 6.04 Å². The summed E-state index contributed by atoms with van der Waals surface area (Å²) in [5.41, 5.74) is 1.20. The lowest BCUT2D eigenvalue weighted by atomic mass is 9.97. The minimum atomic E-state index is 0.399. The maximum Gasteiger partial charge on any atom is 0.138 e. The minimum Gasteiger partial charge on any atom is -0.492 e. The molecule has 18 heavy (non-hydrogen) atoms. The summed E-state index contributed by atoms with van der Waals surface area (Å²) in [6.07, 6.45) is 6.34. The number of halogens is 1. The maximum atomic E-state index is 6.48. The van der Waals surface area contributed by atoms with Crippen molar-refractivity contribution in [3.8, 4) is 5.75 Å². The smallest absolute Gasteiger partial charge is 0.138 e. The first-order chi connectivity index (χ1) is 8.84. The molecule has 98 valence electrons. The van der Waals surface area contributed by atoms with Gasteiger partial charge in [-0.3, -0.25) is 0 Å². The Morgan fingerprint density at radius 1 is 1.22 bits per heavy atom. The zero-order valence-corrected chi connectivity index (χ0v) is 11.4. The van der Waals surface area contributed by atoms with Gasteiger partial charge in [-0.1, -0.05) is 30.2 Å². The summed E-state index contributed by atoms with van der Waals surface area (Å²) in [5.74, 6) is 1.62. The standard InChI is InChI=1S/C15H20ClNO/c16-15-12(13-5-1-2-9-17-13)4-3-6-14(15)18-10-11-7-8-11/h3-4,6,11,13,17H,1-2,5,7-10H2. The number of nitrogens with one attached hydrogen (secondary N) is 1. The van der Waals surface area contributed by atoms with Gasteiger partial charge >= 0.3 is 0 Å². The van der Waals surface area contributed by atoms with E-state index in [4.69, 9.17) is 16.3 Å². The second kappa shape index (κ2) is 5.50. The van der Waals surface area contributed by atoms with Crippen LogP contribution in [0.15, 0.2) is 18.2 Å². The molecule has 0 radical (unpaired) electrons. The van der Waals surface area contributed by atoms with Gasteiger partial charge in [0.15, 0.2) is 0 Å². The van der Waals surface area contributed by atoms with Crippen LogP contribution in [-0.2, 0) is 0 Å². The molecule has 1 N–H and O–H groups in total. The Balaban J connectivity index is 1.73. The lowest BCUT2D eigenvalue weighted by Crippen LogP contribution is -2.27. The summed E-state index contributed by atoms with van der Waals surface area (Å²) < 4.78 is 5.83. The van der Waals surface area contributed by atoms with Gasteiger partial charge in [0.2, 0.25) is 0 Å². The van der Waals surface area contributed by atoms with Crippen LogP contribution in [0.2, 0.25) is 5.02 Å². The number of hydrogen-bond acceptors (Lipinski definition) is 2. The highest BCUT2D eigenvalue weighted by Gasteiger charge is 2.23. The molecule has 0 bridgehead atoms. The molecule has 3 rings (SSSR count). The topological polar surface area (TPSA) is 21.3 Å². The van der Waals surface area contributed by atoms with Gasteiger partial charge in [0.05, 0.1) is 11.6 Å². The van der Waals surface area contributed by atoms with E-state index in [9.17, 15) is 0 Å². The summed E-state index contributed by atoms with van der Waals surface area (Å²) >= 11 is 6.48. The van der Waals surface area contributed by atoms with Gasteiger partial charge in [-0.05, 0) is 49.8 Å². The molecule has 2 nitrogen and oxygen atoms in total. The largest absolute Gasteiger partial charge is 0.492 e. The number of ether oxygens (including phenoxy) is 1. The predicted molar refractivity (Wildman–Crippen MR) is 74.3 cm³/mol. The number of benzene rings is 1. The van der Waals surface area contributed by atoms with Crippen LogP contribution in [0.1, 0.15) is 43.7 Å². The van der Waals surface area contributed by atoms with E-state index in [1.54, 1.807) is 0 Å². The molecular weight excluding hydrogens is 246 g/mol. The Labute approximate surface area is 114 Å². The van der Waals surface area contributed by atoms with Crippen LogP contribution in [0.3, 0.4) is 0 Å². The zero-order valence-electron chi connectivity index (χ0n) is 10.6. The monoisotopic (exact) mass is 265 g/mol. The molecule has 1 aliphatic carbocycles. The van der Waals surface area contributed by atoms with Crippen LogP contribution in [0, 0.1) is 5.92 Å². The Hall–Kier alpha value is -0.730. The normalized spacial score (nSPS) is 23.9. The predicted octanol–water partition coefficient (Wildman–Crippen LogP) is 3.94. The highest BCUT2D eigenvalue weighted by molar-refractivity contribution is 6.32. The van der Waals surface area contributed by atoms with Crippen LogP contribution < -0.4 is 10.1 Å². The highest BCUT2D eigenvalue weighted by Crippen LogP contribution is 2.36. The molecule has 1 aromatic carbocycles. The Bertz CT molecular complexity index is 411. The molecule has 2 aliphatic rings. The molecule has 2 fully saturated rings. The van der Waals surface area contributed by atoms with Crippen molar-refractivity contribution in [3.05, 3.63) is 28.8 Å². The fraction of sp³-hybridized carbons (Fsp3) is 0.600. The summed E-state index contributed by atoms with van der Waals surface area (Å²) in [4.78, 5) is 0. The molecule has 1 aliphatic heterocycles. The van der Waals surface area contributed by atoms with E-state index in [0.717, 1.165) is 29.8 Å². The second-order valence-corrected chi connectivity index (χ2v) is 5.79. The fourth-order valence-electron chi connectivity index (χ4n) is 2.52. The van der Waals surface area contributed by atoms with E-state index < -0.39 is 0 Å². The van der Waals surface area contributed by atoms with Gasteiger partial charge in [-0.25, -0.2) is 0 Å². The van der Waals surface area contributed by atoms with Gasteiger partial charge in [0.1, 0.15) is 5.75 Å². The third-order valence-electron chi connectivity index (χ3n) is 3.85. The van der Waals surface area contributed by atoms with E-state index in [1.807, 2.05) is 6.07 Å². The summed E-state index contributed by atoms with van der Waals surface area (Å²) in [6.45, 7) is 1.91. The second-order valence-electron chi connectivity index (χ2n) is 5.42. The average Bonchev–Trinajstić information content (AvgIpc) is 3.23. The Morgan fingerprint density at radius 2 is 2.11 bits per heavy atom. The summed E-state index contributed by atoms with van der Waals surface area (Å²) in [6, 6.07) is 6.56. The molecule has 1 saturated carbocycles. The molecule has 1 heterocycles. The van der Waals surface area contributed by atoms with Crippen LogP contribution in [-0.4, -0.2) is 13.2 Å². The van der Waals surface area contributed by atoms with E-state index in [2.05, 4.69) is 17.4 Å². The van der Waals surface area contributed by atoms with Crippen LogP contribution in [0.5, 0.6) is 5.75 Å². The van der Waals surface area contributed by atoms with E-state index in [-0.39, 0.29) is 0 Å². The first-order valence-electron chi connectivity index (χ1n) is 6.99. The third-order valence-corrected chi connectivity index (χ3v) is 4.25. The zero-order chi connectivity index (χ0) is 12.4. The van der Waals surface area contributed by atoms with E-state index >= 15 is 0 Å². The third kappa shape index (κ3) is 2.81. The van der Waals surface area contributed by atoms with Crippen LogP contribution >= 0.6 is 11.6 Å². The van der Waals surface area contributed by atoms with Crippen LogP contribution in [0.4, 0.5) is 0 Å². The van der Waals surface area contributed by atoms with Crippen molar-refractivity contribution in [2.75, 3.05) is 13.2 Å². The molecule has 0 aromatic heterocycles. The lowest BCUT2D eigenvalue weighted by molar-refractivity contribution is 0.299. The number of piperidine rings is 1. The maximum absolute atomic E-state index is 6.48. The molecule has 0 spiro atoms. The number of rotatable bonds is 4. The van der Waals surface area contributed by atoms with E-state index in [0.29, 0.717) is 6.04 Å². The molecule has 1 atom stereocenters. The highest BCUT2D eigenvalue weighted by atomic mass is 35.5. The quantitative estimate of drug-likeness (QED) is 0.890. The fourth-order valence-corrected chi connectivity index (χ4v) is 2.83. The first kappa shape index (κ1) is 12.3. The Kier molecular flexibility index (Phi) is 3.76. The summed E-state index contributed by atoms with van der Waals surface area (Å²) in [7, 11) is 0. The van der Waals surface area contributed by atoms with Crippen molar-refractivity contribution in [1.29, 1.82) is 0 Å². The molecule has 1 saturated heterocycles. The van der Waals surface area contributed by atoms with Gasteiger partial charge in [-0.15, -0.1) is 0 Å². The Morgan fingerprint density at radius 3 is 2.83 bits per heavy atom. The van der Waals surface area contributed by atoms with Crippen LogP contribution in [0.25, 0.3) is 0 Å². The molecule has 1 unspecified atom stereocenters. The van der Waals surface area contributed by atoms with E-state index in [1.165, 1.54) is 37.7 Å². The van der Waals surface area contributed by atoms with Crippen molar-refractivity contribution in [3.63, 3.8) is 0 Å². The first-order valence-corrected chi connectivity index (χ1v) is 7.37. The van der Waals surface area contributed by atoms with Crippen molar-refractivity contribution in [1.82, 2.24) is 5.32 Å². The molecule has 1 aromatic rings. The summed E-state index contributed by atoms with van der Waals surface area (Å²) in [5, 5.41) is 4.34. The van der Waals surface area contributed by atoms with Gasteiger partial charge in [0.25, 0.3) is 0 Å². The van der Waals surface area contributed by atoms with Crippen molar-refractivity contribution < 1.29 is 4.74 Å². The lowest BCUT2D eigenvalue weighted by Gasteiger charge is -2.25. The minimum absolute atomic E-state index is 0.399. The number of hydrogen-bond donors (Lipinski definition) is 1. The van der Waals surface area contributed by atoms with Crippen molar-refractivity contribution in [2.45, 2.75) is 38.1 Å². The van der Waals surface area contributed by atoms with Crippen molar-refractivity contribution in [2.24, 2.45) is 5.92 Å². The SMILES string of the molecule is Clc1c(OCC2CC2)cccc1C1CCCCN1.